The Kier molecular flexibility index (Phi) is 7.83. The van der Waals surface area contributed by atoms with Crippen LogP contribution >= 0.6 is 0 Å². The fourth-order valence-corrected chi connectivity index (χ4v) is 5.61. The van der Waals surface area contributed by atoms with Crippen LogP contribution in [0.5, 0.6) is 5.75 Å². The molecule has 0 unspecified atom stereocenters. The van der Waals surface area contributed by atoms with Gasteiger partial charge in [-0.25, -0.2) is 8.78 Å². The van der Waals surface area contributed by atoms with Gasteiger partial charge in [-0.05, 0) is 63.2 Å². The van der Waals surface area contributed by atoms with Gasteiger partial charge >= 0.3 is 6.11 Å². The summed E-state index contributed by atoms with van der Waals surface area (Å²) in [6.07, 6.45) is 4.11. The number of ether oxygens (including phenoxy) is 3. The number of hydrogen-bond donors (Lipinski definition) is 0. The van der Waals surface area contributed by atoms with E-state index in [2.05, 4.69) is 11.3 Å². The zero-order valence-corrected chi connectivity index (χ0v) is 19.2. The van der Waals surface area contributed by atoms with Crippen molar-refractivity contribution in [3.8, 4) is 11.8 Å². The molecule has 34 heavy (non-hydrogen) atoms. The minimum absolute atomic E-state index is 0.0364. The van der Waals surface area contributed by atoms with Crippen molar-refractivity contribution in [1.82, 2.24) is 0 Å². The quantitative estimate of drug-likeness (QED) is 0.340. The molecular formula is C26H31F4NO3. The third-order valence-electron chi connectivity index (χ3n) is 7.78. The van der Waals surface area contributed by atoms with Crippen LogP contribution in [0.4, 0.5) is 17.6 Å². The van der Waals surface area contributed by atoms with E-state index >= 15 is 0 Å². The highest BCUT2D eigenvalue weighted by molar-refractivity contribution is 5.38. The molecule has 0 bridgehead atoms. The molecule has 0 radical (unpaired) electrons. The molecule has 1 saturated heterocycles. The number of nitrogens with zero attached hydrogens (tertiary/aromatic N) is 1. The number of hydrogen-bond acceptors (Lipinski definition) is 4. The topological polar surface area (TPSA) is 51.5 Å². The van der Waals surface area contributed by atoms with E-state index < -0.39 is 35.0 Å². The molecule has 1 aliphatic heterocycles. The molecule has 0 spiro atoms. The molecule has 186 valence electrons. The van der Waals surface area contributed by atoms with Crippen molar-refractivity contribution in [3.63, 3.8) is 0 Å². The van der Waals surface area contributed by atoms with Crippen LogP contribution in [-0.2, 0) is 9.47 Å². The largest absolute Gasteiger partial charge is 0.432 e. The molecule has 8 heteroatoms. The highest BCUT2D eigenvalue weighted by Gasteiger charge is 2.46. The smallest absolute Gasteiger partial charge is 0.400 e. The van der Waals surface area contributed by atoms with Gasteiger partial charge in [0.2, 0.25) is 0 Å². The zero-order chi connectivity index (χ0) is 24.3. The molecule has 2 saturated carbocycles. The second-order valence-corrected chi connectivity index (χ2v) is 9.85. The van der Waals surface area contributed by atoms with Crippen LogP contribution in [0.15, 0.2) is 24.8 Å². The Bertz CT molecular complexity index is 871. The summed E-state index contributed by atoms with van der Waals surface area (Å²) in [5, 5.41) is 8.72. The zero-order valence-electron chi connectivity index (χ0n) is 19.2. The normalized spacial score (nSPS) is 32.6. The molecule has 4 rings (SSSR count). The predicted octanol–water partition coefficient (Wildman–Crippen LogP) is 6.60. The van der Waals surface area contributed by atoms with Crippen molar-refractivity contribution >= 4 is 0 Å². The first kappa shape index (κ1) is 25.0. The lowest BCUT2D eigenvalue weighted by Crippen LogP contribution is -2.43. The maximum atomic E-state index is 14.7. The maximum absolute atomic E-state index is 14.7. The van der Waals surface area contributed by atoms with Gasteiger partial charge in [-0.15, -0.1) is 6.58 Å². The van der Waals surface area contributed by atoms with Crippen molar-refractivity contribution in [2.45, 2.75) is 63.8 Å². The van der Waals surface area contributed by atoms with Crippen LogP contribution in [0.2, 0.25) is 0 Å². The lowest BCUT2D eigenvalue weighted by Gasteiger charge is -2.41. The Morgan fingerprint density at radius 3 is 2.00 bits per heavy atom. The summed E-state index contributed by atoms with van der Waals surface area (Å²) >= 11 is 0. The van der Waals surface area contributed by atoms with Crippen LogP contribution in [0.25, 0.3) is 0 Å². The second-order valence-electron chi connectivity index (χ2n) is 9.85. The van der Waals surface area contributed by atoms with E-state index in [0.29, 0.717) is 55.9 Å². The summed E-state index contributed by atoms with van der Waals surface area (Å²) in [6, 6.07) is 2.59. The summed E-state index contributed by atoms with van der Waals surface area (Å²) in [7, 11) is 0. The lowest BCUT2D eigenvalue weighted by molar-refractivity contribution is -0.251. The Labute approximate surface area is 197 Å². The van der Waals surface area contributed by atoms with Gasteiger partial charge < -0.3 is 14.2 Å². The molecule has 1 heterocycles. The number of allylic oxidation sites excluding steroid dienone is 1. The van der Waals surface area contributed by atoms with E-state index in [0.717, 1.165) is 25.7 Å². The van der Waals surface area contributed by atoms with Gasteiger partial charge in [0, 0.05) is 24.0 Å². The van der Waals surface area contributed by atoms with Gasteiger partial charge in [0.15, 0.2) is 6.29 Å². The Morgan fingerprint density at radius 1 is 0.912 bits per heavy atom. The highest BCUT2D eigenvalue weighted by atomic mass is 19.3. The third-order valence-corrected chi connectivity index (χ3v) is 7.78. The molecule has 1 aromatic rings. The monoisotopic (exact) mass is 481 g/mol. The summed E-state index contributed by atoms with van der Waals surface area (Å²) in [5.74, 6) is -2.54. The van der Waals surface area contributed by atoms with Gasteiger partial charge in [-0.3, -0.25) is 0 Å². The predicted molar refractivity (Wildman–Crippen MR) is 117 cm³/mol. The van der Waals surface area contributed by atoms with Gasteiger partial charge in [-0.1, -0.05) is 6.08 Å². The number of alkyl halides is 2. The first-order valence-electron chi connectivity index (χ1n) is 12.1. The summed E-state index contributed by atoms with van der Waals surface area (Å²) in [6.45, 7) is 5.18. The molecule has 0 aromatic heterocycles. The average Bonchev–Trinajstić information content (AvgIpc) is 2.84. The standard InChI is InChI=1S/C26H31F4NO3/c1-2-16-3-5-17(6-4-16)19-14-32-25(33-15-19)18-7-9-20(10-8-18)26(29,30)34-21-11-23(27)22(13-31)24(28)12-21/h2,11-12,16-20,25H,1,3-10,14-15H2. The van der Waals surface area contributed by atoms with Crippen molar-refractivity contribution < 1.29 is 31.8 Å². The minimum atomic E-state index is -3.58. The Balaban J connectivity index is 1.25. The van der Waals surface area contributed by atoms with E-state index in [9.17, 15) is 17.6 Å². The number of benzene rings is 1. The average molecular weight is 482 g/mol. The van der Waals surface area contributed by atoms with Gasteiger partial charge in [0.1, 0.15) is 29.0 Å². The van der Waals surface area contributed by atoms with Crippen molar-refractivity contribution in [2.24, 2.45) is 29.6 Å². The Hall–Kier alpha value is -2.11. The summed E-state index contributed by atoms with van der Waals surface area (Å²) in [4.78, 5) is 0. The maximum Gasteiger partial charge on any atom is 0.400 e. The van der Waals surface area contributed by atoms with Crippen molar-refractivity contribution in [2.75, 3.05) is 13.2 Å². The number of rotatable bonds is 6. The van der Waals surface area contributed by atoms with E-state index in [1.807, 2.05) is 6.08 Å². The van der Waals surface area contributed by atoms with Crippen molar-refractivity contribution in [3.05, 3.63) is 42.0 Å². The molecule has 0 amide bonds. The van der Waals surface area contributed by atoms with Crippen LogP contribution in [0, 0.1) is 52.6 Å². The highest BCUT2D eigenvalue weighted by Crippen LogP contribution is 2.43. The second kappa shape index (κ2) is 10.7. The molecule has 0 N–H and O–H groups in total. The molecule has 3 aliphatic rings. The van der Waals surface area contributed by atoms with E-state index in [1.54, 1.807) is 0 Å². The fraction of sp³-hybridized carbons (Fsp3) is 0.654. The minimum Gasteiger partial charge on any atom is -0.432 e. The summed E-state index contributed by atoms with van der Waals surface area (Å²) in [5.41, 5.74) is -0.824. The lowest BCUT2D eigenvalue weighted by atomic mass is 9.76. The summed E-state index contributed by atoms with van der Waals surface area (Å²) < 4.78 is 73.7. The molecule has 0 atom stereocenters. The fourth-order valence-electron chi connectivity index (χ4n) is 5.61. The first-order valence-corrected chi connectivity index (χ1v) is 12.1. The Morgan fingerprint density at radius 2 is 1.47 bits per heavy atom. The van der Waals surface area contributed by atoms with Gasteiger partial charge in [0.25, 0.3) is 0 Å². The molecular weight excluding hydrogens is 450 g/mol. The van der Waals surface area contributed by atoms with Gasteiger partial charge in [0.05, 0.1) is 19.1 Å². The van der Waals surface area contributed by atoms with Crippen LogP contribution in [-0.4, -0.2) is 25.6 Å². The molecule has 3 fully saturated rings. The van der Waals surface area contributed by atoms with Gasteiger partial charge in [-0.2, -0.15) is 14.0 Å². The van der Waals surface area contributed by atoms with E-state index in [4.69, 9.17) is 14.7 Å². The van der Waals surface area contributed by atoms with Crippen LogP contribution in [0.1, 0.15) is 56.9 Å². The first-order chi connectivity index (χ1) is 16.3. The SMILES string of the molecule is C=CC1CCC(C2COC(C3CCC(C(F)(F)Oc4cc(F)c(C#N)c(F)c4)CC3)OC2)CC1. The van der Waals surface area contributed by atoms with E-state index in [1.165, 1.54) is 6.07 Å². The third kappa shape index (κ3) is 5.58. The number of nitriles is 1. The molecule has 2 aliphatic carbocycles. The van der Waals surface area contributed by atoms with Crippen LogP contribution < -0.4 is 4.74 Å². The molecule has 1 aromatic carbocycles. The van der Waals surface area contributed by atoms with Crippen LogP contribution in [0.3, 0.4) is 0 Å². The van der Waals surface area contributed by atoms with Crippen molar-refractivity contribution in [1.29, 1.82) is 5.26 Å². The molecule has 4 nitrogen and oxygen atoms in total. The number of halogens is 4. The van der Waals surface area contributed by atoms with E-state index in [-0.39, 0.29) is 25.0 Å².